The summed E-state index contributed by atoms with van der Waals surface area (Å²) >= 11 is 0.984. The highest BCUT2D eigenvalue weighted by Gasteiger charge is 2.36. The first-order valence-corrected chi connectivity index (χ1v) is 9.61. The molecule has 0 radical (unpaired) electrons. The summed E-state index contributed by atoms with van der Waals surface area (Å²) in [5, 5.41) is 9.58. The lowest BCUT2D eigenvalue weighted by molar-refractivity contribution is -0.123. The molecule has 1 saturated heterocycles. The topological polar surface area (TPSA) is 66.8 Å². The van der Waals surface area contributed by atoms with Crippen LogP contribution in [0.25, 0.3) is 6.08 Å². The molecular formula is C19H23NO4S. The number of aromatic hydroxyl groups is 1. The standard InChI is InChI=1S/C19H23NO4S/c1-2-24-16-10-14(8-9-15(16)21)11-17-18(22)20(19(23)25-17)12-13-6-4-3-5-7-13/h8-11,13,21H,2-7,12H2,1H3/b17-11+. The first-order chi connectivity index (χ1) is 12.1. The van der Waals surface area contributed by atoms with Crippen LogP contribution in [0.5, 0.6) is 11.5 Å². The van der Waals surface area contributed by atoms with Crippen molar-refractivity contribution in [3.63, 3.8) is 0 Å². The summed E-state index contributed by atoms with van der Waals surface area (Å²) in [6.45, 7) is 2.80. The van der Waals surface area contributed by atoms with Crippen molar-refractivity contribution in [2.24, 2.45) is 5.92 Å². The number of nitrogens with zero attached hydrogens (tertiary/aromatic N) is 1. The second kappa shape index (κ2) is 7.95. The molecule has 0 unspecified atom stereocenters. The van der Waals surface area contributed by atoms with E-state index in [-0.39, 0.29) is 16.9 Å². The number of carbonyl (C=O) groups is 2. The van der Waals surface area contributed by atoms with Gasteiger partial charge in [-0.3, -0.25) is 14.5 Å². The van der Waals surface area contributed by atoms with E-state index in [2.05, 4.69) is 0 Å². The van der Waals surface area contributed by atoms with Crippen molar-refractivity contribution in [2.45, 2.75) is 39.0 Å². The molecule has 2 fully saturated rings. The highest BCUT2D eigenvalue weighted by molar-refractivity contribution is 8.18. The molecule has 0 spiro atoms. The van der Waals surface area contributed by atoms with Gasteiger partial charge < -0.3 is 9.84 Å². The Morgan fingerprint density at radius 1 is 1.28 bits per heavy atom. The summed E-state index contributed by atoms with van der Waals surface area (Å²) in [4.78, 5) is 26.7. The summed E-state index contributed by atoms with van der Waals surface area (Å²) in [5.74, 6) is 0.647. The second-order valence-corrected chi connectivity index (χ2v) is 7.45. The van der Waals surface area contributed by atoms with E-state index in [0.29, 0.717) is 29.7 Å². The maximum absolute atomic E-state index is 12.6. The minimum atomic E-state index is -0.216. The summed E-state index contributed by atoms with van der Waals surface area (Å²) in [6.07, 6.45) is 7.50. The Morgan fingerprint density at radius 3 is 2.76 bits per heavy atom. The number of carbonyl (C=O) groups excluding carboxylic acids is 2. The van der Waals surface area contributed by atoms with Crippen molar-refractivity contribution in [3.05, 3.63) is 28.7 Å². The summed E-state index contributed by atoms with van der Waals surface area (Å²) in [5.41, 5.74) is 0.726. The zero-order valence-electron chi connectivity index (χ0n) is 14.4. The average molecular weight is 361 g/mol. The van der Waals surface area contributed by atoms with Gasteiger partial charge in [0.1, 0.15) is 0 Å². The number of rotatable bonds is 5. The van der Waals surface area contributed by atoms with Crippen LogP contribution in [0.2, 0.25) is 0 Å². The first kappa shape index (κ1) is 17.9. The molecular weight excluding hydrogens is 338 g/mol. The van der Waals surface area contributed by atoms with Crippen LogP contribution in [0.4, 0.5) is 4.79 Å². The Balaban J connectivity index is 1.74. The highest BCUT2D eigenvalue weighted by Crippen LogP contribution is 2.36. The van der Waals surface area contributed by atoms with Crippen molar-refractivity contribution >= 4 is 29.0 Å². The molecule has 1 heterocycles. The van der Waals surface area contributed by atoms with Crippen LogP contribution in [0.15, 0.2) is 23.1 Å². The SMILES string of the molecule is CCOc1cc(/C=C2/SC(=O)N(CC3CCCCC3)C2=O)ccc1O. The predicted molar refractivity (Wildman–Crippen MR) is 98.5 cm³/mol. The molecule has 1 aromatic rings. The molecule has 0 aromatic heterocycles. The summed E-state index contributed by atoms with van der Waals surface area (Å²) in [6, 6.07) is 4.91. The third kappa shape index (κ3) is 4.18. The number of phenolic OH excluding ortho intramolecular Hbond substituents is 1. The molecule has 134 valence electrons. The van der Waals surface area contributed by atoms with Gasteiger partial charge in [-0.1, -0.05) is 25.3 Å². The monoisotopic (exact) mass is 361 g/mol. The molecule has 1 aromatic carbocycles. The zero-order valence-corrected chi connectivity index (χ0v) is 15.2. The van der Waals surface area contributed by atoms with Crippen molar-refractivity contribution < 1.29 is 19.4 Å². The summed E-state index contributed by atoms with van der Waals surface area (Å²) < 4.78 is 5.36. The first-order valence-electron chi connectivity index (χ1n) is 8.79. The molecule has 0 bridgehead atoms. The Kier molecular flexibility index (Phi) is 5.68. The van der Waals surface area contributed by atoms with E-state index in [1.54, 1.807) is 18.2 Å². The molecule has 3 rings (SSSR count). The van der Waals surface area contributed by atoms with Gasteiger partial charge in [0.2, 0.25) is 0 Å². The van der Waals surface area contributed by atoms with E-state index in [1.165, 1.54) is 30.2 Å². The Bertz CT molecular complexity index is 695. The molecule has 1 aliphatic carbocycles. The van der Waals surface area contributed by atoms with E-state index in [9.17, 15) is 14.7 Å². The van der Waals surface area contributed by atoms with Gasteiger partial charge in [0.15, 0.2) is 11.5 Å². The third-order valence-corrected chi connectivity index (χ3v) is 5.53. The molecule has 0 atom stereocenters. The van der Waals surface area contributed by atoms with Crippen molar-refractivity contribution in [1.82, 2.24) is 4.90 Å². The van der Waals surface area contributed by atoms with E-state index in [1.807, 2.05) is 6.92 Å². The molecule has 1 N–H and O–H groups in total. The quantitative estimate of drug-likeness (QED) is 0.787. The number of thioether (sulfide) groups is 1. The van der Waals surface area contributed by atoms with Gasteiger partial charge in [-0.15, -0.1) is 0 Å². The van der Waals surface area contributed by atoms with Crippen LogP contribution in [0.3, 0.4) is 0 Å². The lowest BCUT2D eigenvalue weighted by atomic mass is 9.89. The van der Waals surface area contributed by atoms with Crippen LogP contribution >= 0.6 is 11.8 Å². The van der Waals surface area contributed by atoms with Gasteiger partial charge in [0, 0.05) is 6.54 Å². The Hall–Kier alpha value is -1.95. The number of phenols is 1. The molecule has 2 aliphatic rings. The van der Waals surface area contributed by atoms with E-state index in [0.717, 1.165) is 30.2 Å². The van der Waals surface area contributed by atoms with Crippen LogP contribution in [-0.2, 0) is 4.79 Å². The van der Waals surface area contributed by atoms with Crippen LogP contribution in [0, 0.1) is 5.92 Å². The van der Waals surface area contributed by atoms with Gasteiger partial charge in [-0.2, -0.15) is 0 Å². The van der Waals surface area contributed by atoms with Crippen LogP contribution < -0.4 is 4.74 Å². The van der Waals surface area contributed by atoms with Gasteiger partial charge >= 0.3 is 0 Å². The maximum atomic E-state index is 12.6. The number of imide groups is 1. The number of benzene rings is 1. The average Bonchev–Trinajstić information content (AvgIpc) is 2.86. The fourth-order valence-electron chi connectivity index (χ4n) is 3.33. The van der Waals surface area contributed by atoms with Crippen LogP contribution in [0.1, 0.15) is 44.6 Å². The fourth-order valence-corrected chi connectivity index (χ4v) is 4.18. The minimum absolute atomic E-state index is 0.0596. The van der Waals surface area contributed by atoms with Gasteiger partial charge in [-0.05, 0) is 61.2 Å². The molecule has 1 saturated carbocycles. The van der Waals surface area contributed by atoms with Gasteiger partial charge in [0.05, 0.1) is 11.5 Å². The molecule has 1 aliphatic heterocycles. The molecule has 5 nitrogen and oxygen atoms in total. The molecule has 2 amide bonds. The minimum Gasteiger partial charge on any atom is -0.504 e. The smallest absolute Gasteiger partial charge is 0.293 e. The van der Waals surface area contributed by atoms with Gasteiger partial charge in [-0.25, -0.2) is 0 Å². The number of amides is 2. The van der Waals surface area contributed by atoms with Crippen molar-refractivity contribution in [2.75, 3.05) is 13.2 Å². The van der Waals surface area contributed by atoms with Crippen molar-refractivity contribution in [3.8, 4) is 11.5 Å². The zero-order chi connectivity index (χ0) is 17.8. The van der Waals surface area contributed by atoms with E-state index >= 15 is 0 Å². The third-order valence-electron chi connectivity index (χ3n) is 4.62. The number of hydrogen-bond donors (Lipinski definition) is 1. The van der Waals surface area contributed by atoms with Crippen molar-refractivity contribution in [1.29, 1.82) is 0 Å². The Labute approximate surface area is 152 Å². The second-order valence-electron chi connectivity index (χ2n) is 6.46. The van der Waals surface area contributed by atoms with Gasteiger partial charge in [0.25, 0.3) is 11.1 Å². The molecule has 6 heteroatoms. The fraction of sp³-hybridized carbons (Fsp3) is 0.474. The highest BCUT2D eigenvalue weighted by atomic mass is 32.2. The number of hydrogen-bond acceptors (Lipinski definition) is 5. The predicted octanol–water partition coefficient (Wildman–Crippen LogP) is 4.41. The summed E-state index contributed by atoms with van der Waals surface area (Å²) in [7, 11) is 0. The Morgan fingerprint density at radius 2 is 2.04 bits per heavy atom. The lowest BCUT2D eigenvalue weighted by Crippen LogP contribution is -2.34. The number of ether oxygens (including phenoxy) is 1. The van der Waals surface area contributed by atoms with Crippen LogP contribution in [-0.4, -0.2) is 34.3 Å². The van der Waals surface area contributed by atoms with E-state index < -0.39 is 0 Å². The lowest BCUT2D eigenvalue weighted by Gasteiger charge is -2.25. The largest absolute Gasteiger partial charge is 0.504 e. The molecule has 25 heavy (non-hydrogen) atoms. The normalized spacial score (nSPS) is 20.5. The maximum Gasteiger partial charge on any atom is 0.293 e. The van der Waals surface area contributed by atoms with E-state index in [4.69, 9.17) is 4.74 Å².